The number of carbonyl (C=O) groups excluding carboxylic acids is 4. The number of hydrogen-bond acceptors (Lipinski definition) is 9. The van der Waals surface area contributed by atoms with Gasteiger partial charge in [0, 0.05) is 35.0 Å². The molecule has 46 heavy (non-hydrogen) atoms. The van der Waals surface area contributed by atoms with Crippen LogP contribution in [0.3, 0.4) is 0 Å². The molecule has 3 saturated carbocycles. The normalized spacial score (nSPS) is 37.6. The number of ketones is 1. The monoisotopic (exact) mass is 678 g/mol. The van der Waals surface area contributed by atoms with Gasteiger partial charge in [0.05, 0.1) is 18.1 Å². The Morgan fingerprint density at radius 2 is 1.98 bits per heavy atom. The predicted octanol–water partition coefficient (Wildman–Crippen LogP) is 5.57. The van der Waals surface area contributed by atoms with E-state index in [4.69, 9.17) is 25.5 Å². The highest BCUT2D eigenvalue weighted by molar-refractivity contribution is 8.14. The molecule has 0 spiro atoms. The molecule has 0 aromatic carbocycles. The van der Waals surface area contributed by atoms with Crippen molar-refractivity contribution in [3.8, 4) is 11.8 Å². The summed E-state index contributed by atoms with van der Waals surface area (Å²) in [4.78, 5) is 51.6. The van der Waals surface area contributed by atoms with E-state index in [0.717, 1.165) is 17.8 Å². The van der Waals surface area contributed by atoms with Crippen molar-refractivity contribution in [2.75, 3.05) is 18.2 Å². The zero-order chi connectivity index (χ0) is 33.5. The minimum atomic E-state index is -2.35. The van der Waals surface area contributed by atoms with Crippen molar-refractivity contribution in [1.29, 1.82) is 0 Å². The second kappa shape index (κ2) is 12.9. The van der Waals surface area contributed by atoms with Crippen molar-refractivity contribution in [2.45, 2.75) is 76.4 Å². The number of thioether (sulfide) groups is 1. The van der Waals surface area contributed by atoms with E-state index in [2.05, 4.69) is 11.8 Å². The van der Waals surface area contributed by atoms with Crippen molar-refractivity contribution in [1.82, 2.24) is 0 Å². The smallest absolute Gasteiger partial charge is 0.375 e. The fourth-order valence-electron chi connectivity index (χ4n) is 8.52. The summed E-state index contributed by atoms with van der Waals surface area (Å²) in [5.74, 6) is 1.48. The molecule has 248 valence electrons. The highest BCUT2D eigenvalue weighted by Gasteiger charge is 2.78. The molecule has 0 unspecified atom stereocenters. The lowest BCUT2D eigenvalue weighted by Crippen LogP contribution is -2.70. The maximum absolute atomic E-state index is 17.7. The number of fused-ring (bicyclic) bond motifs is 5. The van der Waals surface area contributed by atoms with Gasteiger partial charge in [-0.05, 0) is 68.4 Å². The number of esters is 2. The van der Waals surface area contributed by atoms with Gasteiger partial charge in [0.1, 0.15) is 6.17 Å². The van der Waals surface area contributed by atoms with E-state index in [1.54, 1.807) is 13.8 Å². The summed E-state index contributed by atoms with van der Waals surface area (Å²) in [7, 11) is 0. The van der Waals surface area contributed by atoms with Crippen LogP contribution in [0.5, 0.6) is 0 Å². The molecular weight excluding hydrogens is 642 g/mol. The number of aliphatic hydroxyl groups is 1. The van der Waals surface area contributed by atoms with Crippen LogP contribution < -0.4 is 0 Å². The molecule has 4 aliphatic rings. The Balaban J connectivity index is 1.47. The highest BCUT2D eigenvalue weighted by atomic mass is 35.5. The highest BCUT2D eigenvalue weighted by Crippen LogP contribution is 2.72. The Hall–Kier alpha value is -2.94. The lowest BCUT2D eigenvalue weighted by Gasteiger charge is -2.63. The van der Waals surface area contributed by atoms with Gasteiger partial charge in [0.15, 0.2) is 23.7 Å². The van der Waals surface area contributed by atoms with Gasteiger partial charge in [-0.25, -0.2) is 13.6 Å². The standard InChI is InChI=1S/C34H37ClF2O8S/c1-20-16-22-23-18-25(36)24-17-21(38)10-11-31(24,2)33(23,37)27(39)19-32(22,3)34(20,45-29(41)26-8-7-14-43-26)30(42)46-15-5-4-13-44-28(40)9-6-12-35/h7-8,10-11,14,17,20,22-23,25,27,39H,6,9,12-13,15-16,18-19H2,1-3H3/t20-,22+,23+,25+,27+,31+,32+,33+,34-/m1/s1. The molecule has 0 amide bonds. The third-order valence-electron chi connectivity index (χ3n) is 10.7. The van der Waals surface area contributed by atoms with E-state index >= 15 is 8.78 Å². The molecule has 0 saturated heterocycles. The third-order valence-corrected chi connectivity index (χ3v) is 11.8. The number of rotatable bonds is 8. The van der Waals surface area contributed by atoms with Crippen molar-refractivity contribution >= 4 is 46.2 Å². The molecule has 4 aliphatic carbocycles. The van der Waals surface area contributed by atoms with Crippen molar-refractivity contribution in [3.05, 3.63) is 48.0 Å². The Kier molecular flexibility index (Phi) is 9.67. The largest absolute Gasteiger partial charge is 0.457 e. The van der Waals surface area contributed by atoms with Gasteiger partial charge >= 0.3 is 11.9 Å². The van der Waals surface area contributed by atoms with Gasteiger partial charge in [-0.3, -0.25) is 14.4 Å². The van der Waals surface area contributed by atoms with E-state index in [-0.39, 0.29) is 49.4 Å². The van der Waals surface area contributed by atoms with Gasteiger partial charge < -0.3 is 19.0 Å². The summed E-state index contributed by atoms with van der Waals surface area (Å²) in [6.07, 6.45) is 1.93. The van der Waals surface area contributed by atoms with Crippen LogP contribution in [0, 0.1) is 40.4 Å². The van der Waals surface area contributed by atoms with Gasteiger partial charge in [-0.2, -0.15) is 0 Å². The maximum Gasteiger partial charge on any atom is 0.375 e. The number of hydrogen-bond donors (Lipinski definition) is 1. The number of furan rings is 1. The van der Waals surface area contributed by atoms with E-state index in [1.165, 1.54) is 37.5 Å². The summed E-state index contributed by atoms with van der Waals surface area (Å²) < 4.78 is 50.0. The number of ether oxygens (including phenoxy) is 2. The molecule has 0 aliphatic heterocycles. The van der Waals surface area contributed by atoms with Crippen LogP contribution in [0.2, 0.25) is 0 Å². The molecule has 1 aromatic rings. The van der Waals surface area contributed by atoms with E-state index < -0.39 is 75.0 Å². The number of aliphatic hydroxyl groups excluding tert-OH is 1. The zero-order valence-corrected chi connectivity index (χ0v) is 27.4. The first kappa shape index (κ1) is 34.4. The SMILES string of the molecule is C[C@@H]1C[C@H]2[C@@H]3C[C@H](F)C4=CC(=O)C=C[C@]4(C)[C@@]3(F)[C@@H](O)C[C@]2(C)[C@]1(OC(=O)c1ccco1)C(=O)SCC#CCOC(=O)CCCCl. The second-order valence-electron chi connectivity index (χ2n) is 13.0. The molecular formula is C34H37ClF2O8S. The van der Waals surface area contributed by atoms with Gasteiger partial charge in [-0.15, -0.1) is 11.6 Å². The Bertz CT molecular complexity index is 1520. The topological polar surface area (TPSA) is 120 Å². The number of halogens is 3. The quantitative estimate of drug-likeness (QED) is 0.214. The second-order valence-corrected chi connectivity index (χ2v) is 14.3. The molecule has 5 rings (SSSR count). The summed E-state index contributed by atoms with van der Waals surface area (Å²) in [6, 6.07) is 2.90. The van der Waals surface area contributed by atoms with Crippen molar-refractivity contribution < 1.29 is 47.0 Å². The van der Waals surface area contributed by atoms with Gasteiger partial charge in [0.2, 0.25) is 10.9 Å². The number of carbonyl (C=O) groups is 4. The van der Waals surface area contributed by atoms with Crippen LogP contribution >= 0.6 is 23.4 Å². The van der Waals surface area contributed by atoms with E-state index in [9.17, 15) is 24.3 Å². The zero-order valence-electron chi connectivity index (χ0n) is 25.9. The Morgan fingerprint density at radius 3 is 2.67 bits per heavy atom. The number of alkyl halides is 3. The maximum atomic E-state index is 17.7. The Labute approximate surface area is 275 Å². The van der Waals surface area contributed by atoms with Gasteiger partial charge in [0.25, 0.3) is 0 Å². The third kappa shape index (κ3) is 5.34. The first-order valence-corrected chi connectivity index (χ1v) is 16.9. The molecule has 3 fully saturated rings. The molecule has 0 radical (unpaired) electrons. The number of allylic oxidation sites excluding steroid dienone is 4. The summed E-state index contributed by atoms with van der Waals surface area (Å²) in [6.45, 7) is 4.77. The van der Waals surface area contributed by atoms with E-state index in [1.807, 2.05) is 0 Å². The first-order valence-electron chi connectivity index (χ1n) is 15.3. The molecule has 1 aromatic heterocycles. The fourth-order valence-corrected chi connectivity index (χ4v) is 9.65. The summed E-state index contributed by atoms with van der Waals surface area (Å²) >= 11 is 6.39. The first-order chi connectivity index (χ1) is 21.8. The van der Waals surface area contributed by atoms with Crippen LogP contribution in [-0.2, 0) is 23.9 Å². The minimum absolute atomic E-state index is 0.00195. The molecule has 1 heterocycles. The Morgan fingerprint density at radius 1 is 1.22 bits per heavy atom. The van der Waals surface area contributed by atoms with Crippen LogP contribution in [0.15, 0.2) is 46.6 Å². The molecule has 8 nitrogen and oxygen atoms in total. The summed E-state index contributed by atoms with van der Waals surface area (Å²) in [5, 5.41) is 11.2. The average molecular weight is 679 g/mol. The summed E-state index contributed by atoms with van der Waals surface area (Å²) in [5.41, 5.74) is -7.11. The van der Waals surface area contributed by atoms with Crippen LogP contribution in [0.1, 0.15) is 63.4 Å². The molecule has 9 atom stereocenters. The predicted molar refractivity (Wildman–Crippen MR) is 166 cm³/mol. The minimum Gasteiger partial charge on any atom is -0.457 e. The van der Waals surface area contributed by atoms with Crippen LogP contribution in [0.25, 0.3) is 0 Å². The van der Waals surface area contributed by atoms with Crippen LogP contribution in [0.4, 0.5) is 8.78 Å². The van der Waals surface area contributed by atoms with Crippen molar-refractivity contribution in [3.63, 3.8) is 0 Å². The molecule has 1 N–H and O–H groups in total. The lowest BCUT2D eigenvalue weighted by atomic mass is 9.44. The van der Waals surface area contributed by atoms with E-state index in [0.29, 0.717) is 12.3 Å². The lowest BCUT2D eigenvalue weighted by molar-refractivity contribution is -0.221. The fraction of sp³-hybridized carbons (Fsp3) is 0.588. The molecule has 0 bridgehead atoms. The van der Waals surface area contributed by atoms with Crippen LogP contribution in [-0.4, -0.2) is 69.7 Å². The average Bonchev–Trinajstić information content (AvgIpc) is 3.63. The van der Waals surface area contributed by atoms with Crippen molar-refractivity contribution in [2.24, 2.45) is 28.6 Å². The van der Waals surface area contributed by atoms with Gasteiger partial charge in [-0.1, -0.05) is 43.5 Å². The molecule has 12 heteroatoms.